The molecule has 1 atom stereocenters. The van der Waals surface area contributed by atoms with Crippen LogP contribution in [-0.4, -0.2) is 40.0 Å². The average molecular weight is 597 g/mol. The van der Waals surface area contributed by atoms with Gasteiger partial charge in [-0.2, -0.15) is 0 Å². The first kappa shape index (κ1) is 26.8. The summed E-state index contributed by atoms with van der Waals surface area (Å²) in [4.78, 5) is 29.9. The van der Waals surface area contributed by atoms with E-state index in [-0.39, 0.29) is 35.6 Å². The number of carbonyl (C=O) groups is 2. The maximum atomic E-state index is 15.3. The molecule has 1 N–H and O–H groups in total. The van der Waals surface area contributed by atoms with E-state index in [4.69, 9.17) is 5.11 Å². The Morgan fingerprint density at radius 2 is 1.72 bits per heavy atom. The Morgan fingerprint density at radius 1 is 1.00 bits per heavy atom. The Balaban J connectivity index is 1.40. The summed E-state index contributed by atoms with van der Waals surface area (Å²) in [6.07, 6.45) is 0.595. The fourth-order valence-corrected chi connectivity index (χ4v) is 5.61. The van der Waals surface area contributed by atoms with Gasteiger partial charge in [0, 0.05) is 52.1 Å². The summed E-state index contributed by atoms with van der Waals surface area (Å²) in [6.45, 7) is 0.884. The number of likely N-dealkylation sites (tertiary alicyclic amines) is 1. The first-order valence-electron chi connectivity index (χ1n) is 12.5. The zero-order chi connectivity index (χ0) is 27.7. The van der Waals surface area contributed by atoms with Crippen molar-refractivity contribution in [2.75, 3.05) is 13.1 Å². The lowest BCUT2D eigenvalue weighted by atomic mass is 9.88. The topological polar surface area (TPSA) is 60.9 Å². The second-order valence-electron chi connectivity index (χ2n) is 9.74. The lowest BCUT2D eigenvalue weighted by Gasteiger charge is -2.30. The van der Waals surface area contributed by atoms with Crippen LogP contribution in [0.5, 0.6) is 0 Å². The highest BCUT2D eigenvalue weighted by Crippen LogP contribution is 2.38. The lowest BCUT2D eigenvalue weighted by molar-refractivity contribution is 0.0700. The van der Waals surface area contributed by atoms with E-state index in [1.165, 1.54) is 15.9 Å². The predicted molar refractivity (Wildman–Crippen MR) is 144 cm³/mol. The van der Waals surface area contributed by atoms with Crippen LogP contribution in [0.4, 0.5) is 18.0 Å². The van der Waals surface area contributed by atoms with Crippen molar-refractivity contribution in [2.45, 2.75) is 37.8 Å². The third kappa shape index (κ3) is 5.39. The maximum Gasteiger partial charge on any atom is 0.407 e. The number of hydrogen-bond donors (Lipinski definition) is 1. The molecule has 0 spiro atoms. The number of benzene rings is 3. The molecule has 200 valence electrons. The standard InChI is InChI=1S/C30H24BrF3N2O3/c31-11-1-2-28(24-16-22(32)7-8-26(24)33)36-17-25-23(29(36)37)14-21(15-27(25)34)19-5-3-18(4-6-19)20-9-12-35(13-10-20)30(38)39/h3-8,14-16,20,28H,2,9-10,12-13,17H2,(H,38,39). The van der Waals surface area contributed by atoms with Crippen molar-refractivity contribution in [3.8, 4) is 21.9 Å². The summed E-state index contributed by atoms with van der Waals surface area (Å²) < 4.78 is 44.0. The van der Waals surface area contributed by atoms with E-state index in [1.54, 1.807) is 6.07 Å². The van der Waals surface area contributed by atoms with Crippen LogP contribution in [0.15, 0.2) is 54.6 Å². The van der Waals surface area contributed by atoms with Gasteiger partial charge in [0.15, 0.2) is 0 Å². The molecule has 9 heteroatoms. The number of amides is 2. The van der Waals surface area contributed by atoms with Crippen LogP contribution in [0.1, 0.15) is 58.3 Å². The molecule has 3 aromatic carbocycles. The number of rotatable bonds is 5. The highest BCUT2D eigenvalue weighted by Gasteiger charge is 2.36. The van der Waals surface area contributed by atoms with Crippen LogP contribution in [-0.2, 0) is 6.54 Å². The van der Waals surface area contributed by atoms with Gasteiger partial charge in [0.05, 0.1) is 12.6 Å². The molecule has 0 aromatic heterocycles. The number of fused-ring (bicyclic) bond motifs is 1. The molecule has 0 saturated carbocycles. The van der Waals surface area contributed by atoms with Crippen molar-refractivity contribution in [1.29, 1.82) is 0 Å². The molecule has 0 aliphatic carbocycles. The van der Waals surface area contributed by atoms with Gasteiger partial charge in [-0.25, -0.2) is 18.0 Å². The summed E-state index contributed by atoms with van der Waals surface area (Å²) in [5, 5.41) is 9.16. The van der Waals surface area contributed by atoms with Gasteiger partial charge in [0.1, 0.15) is 17.5 Å². The zero-order valence-corrected chi connectivity index (χ0v) is 22.3. The molecule has 0 radical (unpaired) electrons. The molecule has 1 fully saturated rings. The Kier molecular flexibility index (Phi) is 7.67. The molecule has 1 saturated heterocycles. The molecule has 2 aliphatic rings. The van der Waals surface area contributed by atoms with Crippen LogP contribution in [0.2, 0.25) is 0 Å². The van der Waals surface area contributed by atoms with E-state index in [2.05, 4.69) is 26.7 Å². The Labute approximate surface area is 232 Å². The SMILES string of the molecule is O=C(O)N1CCC(c2ccc(-c3cc(F)c4c(c3)C(=O)N(C(CC#CBr)c3cc(F)ccc3F)C4)cc2)CC1. The fraction of sp³-hybridized carbons (Fsp3) is 0.267. The first-order valence-corrected chi connectivity index (χ1v) is 13.3. The fourth-order valence-electron chi connectivity index (χ4n) is 5.45. The highest BCUT2D eigenvalue weighted by molar-refractivity contribution is 9.12. The average Bonchev–Trinajstić information content (AvgIpc) is 3.27. The molecule has 3 aromatic rings. The molecular formula is C30H24BrF3N2O3. The maximum absolute atomic E-state index is 15.3. The Bertz CT molecular complexity index is 1490. The second kappa shape index (κ2) is 11.1. The monoisotopic (exact) mass is 596 g/mol. The third-order valence-electron chi connectivity index (χ3n) is 7.55. The van der Waals surface area contributed by atoms with Gasteiger partial charge in [-0.3, -0.25) is 4.79 Å². The van der Waals surface area contributed by atoms with Gasteiger partial charge in [-0.05, 0) is 70.6 Å². The van der Waals surface area contributed by atoms with Gasteiger partial charge in [-0.15, -0.1) is 0 Å². The summed E-state index contributed by atoms with van der Waals surface area (Å²) in [7, 11) is 0. The minimum Gasteiger partial charge on any atom is -0.465 e. The number of piperidine rings is 1. The molecule has 5 rings (SSSR count). The van der Waals surface area contributed by atoms with Crippen molar-refractivity contribution in [1.82, 2.24) is 9.80 Å². The van der Waals surface area contributed by atoms with Crippen molar-refractivity contribution in [2.24, 2.45) is 0 Å². The number of nitrogens with zero attached hydrogens (tertiary/aromatic N) is 2. The van der Waals surface area contributed by atoms with E-state index in [1.807, 2.05) is 24.3 Å². The van der Waals surface area contributed by atoms with Crippen LogP contribution < -0.4 is 0 Å². The van der Waals surface area contributed by atoms with E-state index in [9.17, 15) is 18.4 Å². The van der Waals surface area contributed by atoms with Crippen molar-refractivity contribution in [3.63, 3.8) is 0 Å². The molecule has 2 heterocycles. The van der Waals surface area contributed by atoms with Gasteiger partial charge < -0.3 is 14.9 Å². The predicted octanol–water partition coefficient (Wildman–Crippen LogP) is 7.07. The molecule has 2 amide bonds. The Hall–Kier alpha value is -3.77. The Morgan fingerprint density at radius 3 is 2.38 bits per heavy atom. The van der Waals surface area contributed by atoms with E-state index in [0.717, 1.165) is 42.2 Å². The summed E-state index contributed by atoms with van der Waals surface area (Å²) in [5.74, 6) is 0.674. The largest absolute Gasteiger partial charge is 0.465 e. The number of hydrogen-bond acceptors (Lipinski definition) is 2. The van der Waals surface area contributed by atoms with Gasteiger partial charge in [0.2, 0.25) is 0 Å². The van der Waals surface area contributed by atoms with E-state index >= 15 is 4.39 Å². The second-order valence-corrected chi connectivity index (χ2v) is 10.1. The van der Waals surface area contributed by atoms with Crippen LogP contribution >= 0.6 is 15.9 Å². The van der Waals surface area contributed by atoms with E-state index in [0.29, 0.717) is 18.7 Å². The van der Waals surface area contributed by atoms with Crippen LogP contribution in [0, 0.1) is 28.2 Å². The van der Waals surface area contributed by atoms with Crippen molar-refractivity contribution in [3.05, 3.63) is 94.3 Å². The van der Waals surface area contributed by atoms with Crippen LogP contribution in [0.3, 0.4) is 0 Å². The highest BCUT2D eigenvalue weighted by atomic mass is 79.9. The zero-order valence-electron chi connectivity index (χ0n) is 20.8. The van der Waals surface area contributed by atoms with Crippen LogP contribution in [0.25, 0.3) is 11.1 Å². The van der Waals surface area contributed by atoms with Gasteiger partial charge in [0.25, 0.3) is 5.91 Å². The van der Waals surface area contributed by atoms with Crippen molar-refractivity contribution >= 4 is 27.9 Å². The lowest BCUT2D eigenvalue weighted by Crippen LogP contribution is -2.36. The van der Waals surface area contributed by atoms with Gasteiger partial charge in [-0.1, -0.05) is 30.2 Å². The van der Waals surface area contributed by atoms with E-state index < -0.39 is 35.5 Å². The summed E-state index contributed by atoms with van der Waals surface area (Å²) in [6, 6.07) is 12.8. The number of halogens is 4. The molecule has 39 heavy (non-hydrogen) atoms. The minimum absolute atomic E-state index is 0.0168. The quantitative estimate of drug-likeness (QED) is 0.320. The normalized spacial score (nSPS) is 16.1. The molecule has 5 nitrogen and oxygen atoms in total. The van der Waals surface area contributed by atoms with Gasteiger partial charge >= 0.3 is 6.09 Å². The summed E-state index contributed by atoms with van der Waals surface area (Å²) in [5.41, 5.74) is 2.72. The molecule has 0 bridgehead atoms. The molecular weight excluding hydrogens is 573 g/mol. The number of carboxylic acid groups (broad SMARTS) is 1. The molecule has 1 unspecified atom stereocenters. The number of carbonyl (C=O) groups excluding carboxylic acids is 1. The van der Waals surface area contributed by atoms with Crippen molar-refractivity contribution < 1.29 is 27.9 Å². The molecule has 2 aliphatic heterocycles. The first-order chi connectivity index (χ1) is 18.8. The summed E-state index contributed by atoms with van der Waals surface area (Å²) >= 11 is 3.00. The third-order valence-corrected chi connectivity index (χ3v) is 7.83. The minimum atomic E-state index is -0.904. The smallest absolute Gasteiger partial charge is 0.407 e.